The maximum Gasteiger partial charge on any atom is 0.198 e. The van der Waals surface area contributed by atoms with Crippen molar-refractivity contribution < 1.29 is 14.5 Å². The van der Waals surface area contributed by atoms with E-state index in [4.69, 9.17) is 0 Å². The molecule has 0 aliphatic rings. The molecule has 1 aromatic carbocycles. The van der Waals surface area contributed by atoms with Gasteiger partial charge in [-0.05, 0) is 17.2 Å². The van der Waals surface area contributed by atoms with Crippen molar-refractivity contribution in [2.45, 2.75) is 0 Å². The molecule has 3 nitrogen and oxygen atoms in total. The van der Waals surface area contributed by atoms with Crippen molar-refractivity contribution in [3.05, 3.63) is 30.3 Å². The smallest absolute Gasteiger partial charge is 0.198 e. The molecule has 0 amide bonds. The molecular formula is C6H8O3Si. The average Bonchev–Trinajstić information content (AvgIpc) is 2.03. The van der Waals surface area contributed by atoms with Crippen LogP contribution in [-0.2, 0) is 9.61 Å². The number of benzene rings is 1. The molecule has 0 atom stereocenters. The van der Waals surface area contributed by atoms with E-state index in [-0.39, 0.29) is 0 Å². The first-order valence-corrected chi connectivity index (χ1v) is 3.67. The summed E-state index contributed by atoms with van der Waals surface area (Å²) in [5, 5.41) is 4.28. The minimum Gasteiger partial charge on any atom is -0.309 e. The predicted octanol–water partition coefficient (Wildman–Crippen LogP) is 0.209. The maximum absolute atomic E-state index is 4.67. The van der Waals surface area contributed by atoms with Gasteiger partial charge in [0.25, 0.3) is 0 Å². The maximum atomic E-state index is 4.67. The van der Waals surface area contributed by atoms with Gasteiger partial charge in [-0.15, -0.1) is 0 Å². The summed E-state index contributed by atoms with van der Waals surface area (Å²) in [7, 11) is 0.503. The van der Waals surface area contributed by atoms with Crippen LogP contribution < -0.4 is 4.89 Å². The van der Waals surface area contributed by atoms with E-state index in [0.717, 1.165) is 0 Å². The number of rotatable bonds is 3. The van der Waals surface area contributed by atoms with E-state index in [0.29, 0.717) is 16.2 Å². The average molecular weight is 156 g/mol. The summed E-state index contributed by atoms with van der Waals surface area (Å²) >= 11 is 0. The Kier molecular flexibility index (Phi) is 2.94. The van der Waals surface area contributed by atoms with E-state index in [1.807, 2.05) is 18.2 Å². The van der Waals surface area contributed by atoms with E-state index < -0.39 is 0 Å². The van der Waals surface area contributed by atoms with Gasteiger partial charge in [-0.1, -0.05) is 18.2 Å². The van der Waals surface area contributed by atoms with Crippen LogP contribution in [0.25, 0.3) is 0 Å². The lowest BCUT2D eigenvalue weighted by atomic mass is 10.3. The van der Waals surface area contributed by atoms with Gasteiger partial charge >= 0.3 is 0 Å². The summed E-state index contributed by atoms with van der Waals surface area (Å²) in [6.45, 7) is 0. The fourth-order valence-corrected chi connectivity index (χ4v) is 0.617. The Bertz CT molecular complexity index is 178. The van der Waals surface area contributed by atoms with E-state index in [2.05, 4.69) is 14.5 Å². The molecule has 0 aliphatic heterocycles. The second-order valence-electron chi connectivity index (χ2n) is 1.63. The lowest BCUT2D eigenvalue weighted by Crippen LogP contribution is -1.95. The van der Waals surface area contributed by atoms with Gasteiger partial charge in [0.15, 0.2) is 16.2 Å². The van der Waals surface area contributed by atoms with Gasteiger partial charge in [-0.3, -0.25) is 4.58 Å². The minimum absolute atomic E-state index is 0.503. The van der Waals surface area contributed by atoms with Gasteiger partial charge in [0.2, 0.25) is 0 Å². The normalized spacial score (nSPS) is 9.60. The van der Waals surface area contributed by atoms with Crippen LogP contribution in [0.4, 0.5) is 0 Å². The van der Waals surface area contributed by atoms with Crippen molar-refractivity contribution in [2.24, 2.45) is 0 Å². The molecule has 0 unspecified atom stereocenters. The fourth-order valence-electron chi connectivity index (χ4n) is 0.549. The third-order valence-corrected chi connectivity index (χ3v) is 1.08. The van der Waals surface area contributed by atoms with Gasteiger partial charge in [-0.25, -0.2) is 0 Å². The predicted molar refractivity (Wildman–Crippen MR) is 39.2 cm³/mol. The topological polar surface area (TPSA) is 27.7 Å². The highest BCUT2D eigenvalue weighted by atomic mass is 28.2. The van der Waals surface area contributed by atoms with Crippen LogP contribution >= 0.6 is 0 Å². The van der Waals surface area contributed by atoms with E-state index in [9.17, 15) is 0 Å². The molecule has 4 heteroatoms. The van der Waals surface area contributed by atoms with Crippen LogP contribution in [0.3, 0.4) is 0 Å². The molecule has 1 aromatic rings. The van der Waals surface area contributed by atoms with Crippen molar-refractivity contribution in [3.63, 3.8) is 0 Å². The molecule has 0 saturated heterocycles. The van der Waals surface area contributed by atoms with Crippen LogP contribution in [0.15, 0.2) is 30.3 Å². The largest absolute Gasteiger partial charge is 0.309 e. The van der Waals surface area contributed by atoms with Crippen molar-refractivity contribution in [3.8, 4) is 5.75 Å². The molecule has 0 aliphatic carbocycles. The molecule has 54 valence electrons. The molecule has 0 N–H and O–H groups in total. The van der Waals surface area contributed by atoms with Gasteiger partial charge in [-0.2, -0.15) is 0 Å². The zero-order valence-corrected chi connectivity index (χ0v) is 7.61. The van der Waals surface area contributed by atoms with E-state index in [1.54, 1.807) is 12.1 Å². The zero-order chi connectivity index (χ0) is 7.23. The summed E-state index contributed by atoms with van der Waals surface area (Å²) in [6, 6.07) is 9.16. The van der Waals surface area contributed by atoms with Crippen molar-refractivity contribution in [2.75, 3.05) is 0 Å². The third kappa shape index (κ3) is 2.18. The van der Waals surface area contributed by atoms with Gasteiger partial charge in [0, 0.05) is 0 Å². The van der Waals surface area contributed by atoms with Crippen LogP contribution in [0, 0.1) is 0 Å². The summed E-state index contributed by atoms with van der Waals surface area (Å²) in [4.78, 5) is 4.67. The highest BCUT2D eigenvalue weighted by Gasteiger charge is 1.88. The van der Waals surface area contributed by atoms with Crippen molar-refractivity contribution in [1.29, 1.82) is 0 Å². The molecule has 0 saturated carbocycles. The molecule has 0 fully saturated rings. The first-order chi connectivity index (χ1) is 4.93. The summed E-state index contributed by atoms with van der Waals surface area (Å²) < 4.78 is 4.36. The fraction of sp³-hybridized carbons (Fsp3) is 0. The Morgan fingerprint density at radius 3 is 2.40 bits per heavy atom. The van der Waals surface area contributed by atoms with E-state index in [1.165, 1.54) is 0 Å². The molecular weight excluding hydrogens is 148 g/mol. The SMILES string of the molecule is [SiH3]OOOc1ccccc1. The van der Waals surface area contributed by atoms with Crippen LogP contribution in [0.5, 0.6) is 5.75 Å². The Hall–Kier alpha value is -0.843. The Labute approximate surface area is 61.9 Å². The van der Waals surface area contributed by atoms with Gasteiger partial charge < -0.3 is 4.89 Å². The number of hydrogen-bond acceptors (Lipinski definition) is 3. The second kappa shape index (κ2) is 4.05. The lowest BCUT2D eigenvalue weighted by Gasteiger charge is -1.98. The molecule has 0 bridgehead atoms. The van der Waals surface area contributed by atoms with Crippen LogP contribution in [0.1, 0.15) is 0 Å². The first kappa shape index (κ1) is 7.27. The summed E-state index contributed by atoms with van der Waals surface area (Å²) in [5.74, 6) is 0.637. The molecule has 0 radical (unpaired) electrons. The highest BCUT2D eigenvalue weighted by Crippen LogP contribution is 2.07. The molecule has 0 heterocycles. The van der Waals surface area contributed by atoms with Gasteiger partial charge in [0.05, 0.1) is 0 Å². The molecule has 1 rings (SSSR count). The van der Waals surface area contributed by atoms with Crippen LogP contribution in [-0.4, -0.2) is 10.5 Å². The van der Waals surface area contributed by atoms with E-state index >= 15 is 0 Å². The van der Waals surface area contributed by atoms with Crippen molar-refractivity contribution in [1.82, 2.24) is 0 Å². The number of hydrogen-bond donors (Lipinski definition) is 0. The zero-order valence-electron chi connectivity index (χ0n) is 5.61. The Balaban J connectivity index is 2.43. The molecule has 10 heavy (non-hydrogen) atoms. The standard InChI is InChI=1S/C6H8O3Si/c10-9-8-7-6-4-2-1-3-5-6/h1-5H,10H3. The lowest BCUT2D eigenvalue weighted by molar-refractivity contribution is -0.411. The monoisotopic (exact) mass is 156 g/mol. The highest BCUT2D eigenvalue weighted by molar-refractivity contribution is 5.97. The molecule has 0 aromatic heterocycles. The minimum atomic E-state index is 0.503. The van der Waals surface area contributed by atoms with Crippen LogP contribution in [0.2, 0.25) is 0 Å². The second-order valence-corrected chi connectivity index (χ2v) is 1.96. The number of para-hydroxylation sites is 1. The van der Waals surface area contributed by atoms with Crippen molar-refractivity contribution >= 4 is 10.5 Å². The summed E-state index contributed by atoms with van der Waals surface area (Å²) in [6.07, 6.45) is 0. The van der Waals surface area contributed by atoms with Gasteiger partial charge in [0.1, 0.15) is 0 Å². The Morgan fingerprint density at radius 1 is 1.10 bits per heavy atom. The summed E-state index contributed by atoms with van der Waals surface area (Å²) in [5.41, 5.74) is 0. The quantitative estimate of drug-likeness (QED) is 0.356. The first-order valence-electron chi connectivity index (χ1n) is 2.86. The third-order valence-electron chi connectivity index (χ3n) is 0.941. The molecule has 0 spiro atoms. The Morgan fingerprint density at radius 2 is 1.80 bits per heavy atom.